The van der Waals surface area contributed by atoms with Gasteiger partial charge in [0.2, 0.25) is 0 Å². The van der Waals surface area contributed by atoms with Crippen molar-refractivity contribution in [3.05, 3.63) is 28.2 Å². The minimum Gasteiger partial charge on any atom is -0.493 e. The molecular formula is C18H28BrNO. The van der Waals surface area contributed by atoms with E-state index in [4.69, 9.17) is 4.74 Å². The van der Waals surface area contributed by atoms with E-state index in [-0.39, 0.29) is 0 Å². The van der Waals surface area contributed by atoms with Crippen molar-refractivity contribution in [2.75, 3.05) is 13.2 Å². The minimum absolute atomic E-state index is 0.361. The fourth-order valence-corrected chi connectivity index (χ4v) is 3.30. The van der Waals surface area contributed by atoms with Crippen LogP contribution in [0.5, 0.6) is 5.75 Å². The van der Waals surface area contributed by atoms with Crippen molar-refractivity contribution in [1.82, 2.24) is 5.32 Å². The smallest absolute Gasteiger partial charge is 0.124 e. The molecule has 0 spiro atoms. The van der Waals surface area contributed by atoms with Crippen molar-refractivity contribution in [2.24, 2.45) is 5.41 Å². The predicted molar refractivity (Wildman–Crippen MR) is 92.9 cm³/mol. The van der Waals surface area contributed by atoms with Crippen LogP contribution in [0, 0.1) is 5.41 Å². The highest BCUT2D eigenvalue weighted by Gasteiger charge is 2.24. The van der Waals surface area contributed by atoms with Crippen molar-refractivity contribution in [2.45, 2.75) is 58.9 Å². The van der Waals surface area contributed by atoms with E-state index in [1.807, 2.05) is 0 Å². The first kappa shape index (κ1) is 16.8. The van der Waals surface area contributed by atoms with E-state index >= 15 is 0 Å². The maximum absolute atomic E-state index is 5.76. The van der Waals surface area contributed by atoms with Gasteiger partial charge in [-0.2, -0.15) is 0 Å². The third-order valence-electron chi connectivity index (χ3n) is 4.30. The second-order valence-electron chi connectivity index (χ2n) is 6.87. The van der Waals surface area contributed by atoms with Crippen LogP contribution < -0.4 is 10.1 Å². The Balaban J connectivity index is 1.94. The summed E-state index contributed by atoms with van der Waals surface area (Å²) in [6.07, 6.45) is 6.32. The lowest BCUT2D eigenvalue weighted by Gasteiger charge is -2.32. The zero-order valence-corrected chi connectivity index (χ0v) is 15.1. The standard InChI is InChI=1S/C18H28BrNO/c1-4-5-6-10-18(2,3)13-20-16-9-11-21-17-8-7-14(19)12-15(16)17/h7-8,12,16,20H,4-6,9-11,13H2,1-3H3. The number of benzene rings is 1. The fourth-order valence-electron chi connectivity index (χ4n) is 2.92. The highest BCUT2D eigenvalue weighted by molar-refractivity contribution is 9.10. The molecule has 1 unspecified atom stereocenters. The fraction of sp³-hybridized carbons (Fsp3) is 0.667. The van der Waals surface area contributed by atoms with E-state index < -0.39 is 0 Å². The molecule has 0 radical (unpaired) electrons. The van der Waals surface area contributed by atoms with Crippen LogP contribution in [0.3, 0.4) is 0 Å². The number of unbranched alkanes of at least 4 members (excludes halogenated alkanes) is 2. The van der Waals surface area contributed by atoms with Crippen LogP contribution in [0.15, 0.2) is 22.7 Å². The molecule has 1 heterocycles. The lowest BCUT2D eigenvalue weighted by Crippen LogP contribution is -2.34. The summed E-state index contributed by atoms with van der Waals surface area (Å²) >= 11 is 3.57. The summed E-state index contributed by atoms with van der Waals surface area (Å²) in [4.78, 5) is 0. The summed E-state index contributed by atoms with van der Waals surface area (Å²) in [5, 5.41) is 3.77. The van der Waals surface area contributed by atoms with E-state index in [9.17, 15) is 0 Å². The van der Waals surface area contributed by atoms with Gasteiger partial charge in [0.1, 0.15) is 5.75 Å². The molecule has 118 valence electrons. The third-order valence-corrected chi connectivity index (χ3v) is 4.79. The number of ether oxygens (including phenoxy) is 1. The molecule has 1 aromatic rings. The summed E-state index contributed by atoms with van der Waals surface area (Å²) in [6, 6.07) is 6.72. The number of hydrogen-bond donors (Lipinski definition) is 1. The molecule has 0 amide bonds. The molecule has 0 fully saturated rings. The third kappa shape index (κ3) is 5.00. The van der Waals surface area contributed by atoms with Crippen molar-refractivity contribution in [3.8, 4) is 5.75 Å². The normalized spacial score (nSPS) is 18.2. The Bertz CT molecular complexity index is 459. The molecule has 1 aromatic carbocycles. The number of rotatable bonds is 7. The second kappa shape index (κ2) is 7.64. The van der Waals surface area contributed by atoms with Crippen LogP contribution in [0.25, 0.3) is 0 Å². The van der Waals surface area contributed by atoms with Gasteiger partial charge in [-0.1, -0.05) is 56.0 Å². The largest absolute Gasteiger partial charge is 0.493 e. The monoisotopic (exact) mass is 353 g/mol. The Labute approximate surface area is 137 Å². The Morgan fingerprint density at radius 1 is 1.33 bits per heavy atom. The van der Waals surface area contributed by atoms with Gasteiger partial charge in [-0.05, 0) is 30.0 Å². The number of nitrogens with one attached hydrogen (secondary N) is 1. The molecule has 0 saturated carbocycles. The van der Waals surface area contributed by atoms with E-state index in [2.05, 4.69) is 60.2 Å². The Morgan fingerprint density at radius 2 is 2.14 bits per heavy atom. The number of halogens is 1. The lowest BCUT2D eigenvalue weighted by atomic mass is 9.86. The highest BCUT2D eigenvalue weighted by atomic mass is 79.9. The molecule has 2 rings (SSSR count). The molecule has 0 aromatic heterocycles. The summed E-state index contributed by atoms with van der Waals surface area (Å²) < 4.78 is 6.88. The van der Waals surface area contributed by atoms with Gasteiger partial charge in [0.25, 0.3) is 0 Å². The van der Waals surface area contributed by atoms with Gasteiger partial charge >= 0.3 is 0 Å². The first-order valence-corrected chi connectivity index (χ1v) is 8.97. The Kier molecular flexibility index (Phi) is 6.12. The first-order chi connectivity index (χ1) is 10.0. The molecule has 1 N–H and O–H groups in total. The van der Waals surface area contributed by atoms with Gasteiger partial charge in [0.05, 0.1) is 6.61 Å². The lowest BCUT2D eigenvalue weighted by molar-refractivity contribution is 0.229. The molecule has 21 heavy (non-hydrogen) atoms. The van der Waals surface area contributed by atoms with Gasteiger partial charge in [-0.15, -0.1) is 0 Å². The topological polar surface area (TPSA) is 21.3 Å². The molecule has 0 aliphatic carbocycles. The number of hydrogen-bond acceptors (Lipinski definition) is 2. The van der Waals surface area contributed by atoms with Gasteiger partial charge < -0.3 is 10.1 Å². The van der Waals surface area contributed by atoms with Gasteiger partial charge in [-0.25, -0.2) is 0 Å². The molecule has 3 heteroatoms. The zero-order chi connectivity index (χ0) is 15.3. The molecule has 1 aliphatic heterocycles. The van der Waals surface area contributed by atoms with E-state index in [0.29, 0.717) is 11.5 Å². The van der Waals surface area contributed by atoms with E-state index in [1.165, 1.54) is 31.2 Å². The average molecular weight is 354 g/mol. The van der Waals surface area contributed by atoms with Gasteiger partial charge in [0, 0.05) is 29.0 Å². The second-order valence-corrected chi connectivity index (χ2v) is 7.79. The van der Waals surface area contributed by atoms with Crippen molar-refractivity contribution in [1.29, 1.82) is 0 Å². The van der Waals surface area contributed by atoms with E-state index in [0.717, 1.165) is 29.8 Å². The van der Waals surface area contributed by atoms with Crippen LogP contribution in [-0.2, 0) is 0 Å². The van der Waals surface area contributed by atoms with Crippen LogP contribution in [0.4, 0.5) is 0 Å². The molecular weight excluding hydrogens is 326 g/mol. The van der Waals surface area contributed by atoms with Gasteiger partial charge in [-0.3, -0.25) is 0 Å². The minimum atomic E-state index is 0.361. The Morgan fingerprint density at radius 3 is 2.90 bits per heavy atom. The molecule has 0 bridgehead atoms. The maximum atomic E-state index is 5.76. The summed E-state index contributed by atoms with van der Waals surface area (Å²) in [6.45, 7) is 8.88. The Hall–Kier alpha value is -0.540. The first-order valence-electron chi connectivity index (χ1n) is 8.17. The van der Waals surface area contributed by atoms with Crippen molar-refractivity contribution >= 4 is 15.9 Å². The molecule has 0 saturated heterocycles. The maximum Gasteiger partial charge on any atom is 0.124 e. The highest BCUT2D eigenvalue weighted by Crippen LogP contribution is 2.35. The average Bonchev–Trinajstić information content (AvgIpc) is 2.45. The molecule has 1 aliphatic rings. The van der Waals surface area contributed by atoms with E-state index in [1.54, 1.807) is 0 Å². The quantitative estimate of drug-likeness (QED) is 0.656. The van der Waals surface area contributed by atoms with Crippen molar-refractivity contribution < 1.29 is 4.74 Å². The number of fused-ring (bicyclic) bond motifs is 1. The van der Waals surface area contributed by atoms with Crippen LogP contribution >= 0.6 is 15.9 Å². The SMILES string of the molecule is CCCCCC(C)(C)CNC1CCOc2ccc(Br)cc21. The summed E-state index contributed by atoms with van der Waals surface area (Å²) in [5.74, 6) is 1.03. The van der Waals surface area contributed by atoms with Crippen LogP contribution in [0.1, 0.15) is 64.5 Å². The van der Waals surface area contributed by atoms with Gasteiger partial charge in [0.15, 0.2) is 0 Å². The molecule has 1 atom stereocenters. The molecule has 2 nitrogen and oxygen atoms in total. The van der Waals surface area contributed by atoms with Crippen LogP contribution in [-0.4, -0.2) is 13.2 Å². The summed E-state index contributed by atoms with van der Waals surface area (Å²) in [5.41, 5.74) is 1.65. The predicted octanol–water partition coefficient (Wildman–Crippen LogP) is 5.47. The zero-order valence-electron chi connectivity index (χ0n) is 13.5. The van der Waals surface area contributed by atoms with Crippen LogP contribution in [0.2, 0.25) is 0 Å². The van der Waals surface area contributed by atoms with Crippen molar-refractivity contribution in [3.63, 3.8) is 0 Å². The summed E-state index contributed by atoms with van der Waals surface area (Å²) in [7, 11) is 0.